The summed E-state index contributed by atoms with van der Waals surface area (Å²) in [6, 6.07) is -0.0819. The average molecular weight is 312 g/mol. The lowest BCUT2D eigenvalue weighted by atomic mass is 9.97. The number of likely N-dealkylation sites (tertiary alicyclic amines) is 1. The Labute approximate surface area is 132 Å². The summed E-state index contributed by atoms with van der Waals surface area (Å²) < 4.78 is 5.82. The van der Waals surface area contributed by atoms with E-state index in [-0.39, 0.29) is 11.9 Å². The van der Waals surface area contributed by atoms with Crippen molar-refractivity contribution in [2.24, 2.45) is 5.92 Å². The molecule has 22 heavy (non-hydrogen) atoms. The van der Waals surface area contributed by atoms with Crippen molar-refractivity contribution in [3.8, 4) is 0 Å². The molecule has 1 saturated carbocycles. The third-order valence-corrected chi connectivity index (χ3v) is 4.63. The van der Waals surface area contributed by atoms with Crippen molar-refractivity contribution < 1.29 is 19.4 Å². The van der Waals surface area contributed by atoms with Gasteiger partial charge in [0.2, 0.25) is 0 Å². The standard InChI is InChI=1S/C16H28N2O4/c19-15(20)13-7-10-18(11-8-13)16(21)17-9-4-12-22-14-5-2-1-3-6-14/h13-14H,1-12H2,(H,17,21)(H,19,20). The number of carbonyl (C=O) groups excluding carboxylic acids is 1. The second-order valence-electron chi connectivity index (χ2n) is 6.32. The normalized spacial score (nSPS) is 20.8. The number of amides is 2. The van der Waals surface area contributed by atoms with Crippen LogP contribution in [-0.4, -0.2) is 54.4 Å². The highest BCUT2D eigenvalue weighted by Crippen LogP contribution is 2.20. The van der Waals surface area contributed by atoms with Crippen molar-refractivity contribution in [3.63, 3.8) is 0 Å². The molecule has 0 spiro atoms. The average Bonchev–Trinajstić information content (AvgIpc) is 2.55. The lowest BCUT2D eigenvalue weighted by molar-refractivity contribution is -0.143. The summed E-state index contributed by atoms with van der Waals surface area (Å²) >= 11 is 0. The molecule has 0 unspecified atom stereocenters. The van der Waals surface area contributed by atoms with E-state index in [0.29, 0.717) is 45.2 Å². The van der Waals surface area contributed by atoms with Gasteiger partial charge in [0.25, 0.3) is 0 Å². The predicted octanol–water partition coefficient (Wildman–Crippen LogP) is 2.23. The summed E-state index contributed by atoms with van der Waals surface area (Å²) in [6.45, 7) is 2.37. The van der Waals surface area contributed by atoms with Crippen LogP contribution in [0.15, 0.2) is 0 Å². The lowest BCUT2D eigenvalue weighted by Gasteiger charge is -2.30. The van der Waals surface area contributed by atoms with Crippen molar-refractivity contribution in [1.82, 2.24) is 10.2 Å². The van der Waals surface area contributed by atoms with Gasteiger partial charge in [-0.25, -0.2) is 4.79 Å². The van der Waals surface area contributed by atoms with Crippen molar-refractivity contribution in [1.29, 1.82) is 0 Å². The summed E-state index contributed by atoms with van der Waals surface area (Å²) in [5.74, 6) is -1.05. The molecule has 6 heteroatoms. The fourth-order valence-electron chi connectivity index (χ4n) is 3.19. The number of rotatable bonds is 6. The Morgan fingerprint density at radius 1 is 1.09 bits per heavy atom. The van der Waals surface area contributed by atoms with Gasteiger partial charge in [-0.1, -0.05) is 19.3 Å². The first-order valence-corrected chi connectivity index (χ1v) is 8.54. The van der Waals surface area contributed by atoms with Gasteiger partial charge in [-0.15, -0.1) is 0 Å². The molecule has 1 saturated heterocycles. The second kappa shape index (κ2) is 8.98. The molecule has 0 bridgehead atoms. The molecule has 0 radical (unpaired) electrons. The van der Waals surface area contributed by atoms with E-state index in [1.54, 1.807) is 4.90 Å². The molecular weight excluding hydrogens is 284 g/mol. The highest BCUT2D eigenvalue weighted by atomic mass is 16.5. The second-order valence-corrected chi connectivity index (χ2v) is 6.32. The van der Waals surface area contributed by atoms with E-state index >= 15 is 0 Å². The van der Waals surface area contributed by atoms with Gasteiger partial charge in [-0.05, 0) is 32.1 Å². The Hall–Kier alpha value is -1.30. The SMILES string of the molecule is O=C(O)C1CCN(C(=O)NCCCOC2CCCCC2)CC1. The van der Waals surface area contributed by atoms with E-state index in [2.05, 4.69) is 5.32 Å². The third-order valence-electron chi connectivity index (χ3n) is 4.63. The molecule has 2 amide bonds. The molecule has 126 valence electrons. The Morgan fingerprint density at radius 3 is 2.41 bits per heavy atom. The van der Waals surface area contributed by atoms with Crippen LogP contribution in [0.3, 0.4) is 0 Å². The van der Waals surface area contributed by atoms with E-state index in [1.165, 1.54) is 32.1 Å². The van der Waals surface area contributed by atoms with E-state index in [9.17, 15) is 9.59 Å². The van der Waals surface area contributed by atoms with Crippen LogP contribution in [0.1, 0.15) is 51.4 Å². The molecular formula is C16H28N2O4. The molecule has 1 aliphatic carbocycles. The number of carboxylic acids is 1. The van der Waals surface area contributed by atoms with Gasteiger partial charge in [0.1, 0.15) is 0 Å². The molecule has 1 heterocycles. The maximum absolute atomic E-state index is 12.0. The maximum Gasteiger partial charge on any atom is 0.317 e. The summed E-state index contributed by atoms with van der Waals surface area (Å²) in [5, 5.41) is 11.8. The molecule has 1 aliphatic heterocycles. The summed E-state index contributed by atoms with van der Waals surface area (Å²) in [4.78, 5) is 24.5. The van der Waals surface area contributed by atoms with Gasteiger partial charge in [-0.3, -0.25) is 4.79 Å². The van der Waals surface area contributed by atoms with Gasteiger partial charge in [0, 0.05) is 26.2 Å². The maximum atomic E-state index is 12.0. The number of ether oxygens (including phenoxy) is 1. The molecule has 2 aliphatic rings. The number of nitrogens with zero attached hydrogens (tertiary/aromatic N) is 1. The monoisotopic (exact) mass is 312 g/mol. The summed E-state index contributed by atoms with van der Waals surface area (Å²) in [7, 11) is 0. The number of nitrogens with one attached hydrogen (secondary N) is 1. The zero-order valence-corrected chi connectivity index (χ0v) is 13.3. The molecule has 0 aromatic heterocycles. The third kappa shape index (κ3) is 5.48. The van der Waals surface area contributed by atoms with Gasteiger partial charge in [-0.2, -0.15) is 0 Å². The first kappa shape index (κ1) is 17.1. The van der Waals surface area contributed by atoms with Crippen LogP contribution in [0.4, 0.5) is 4.79 Å². The number of carboxylic acid groups (broad SMARTS) is 1. The van der Waals surface area contributed by atoms with Gasteiger partial charge < -0.3 is 20.1 Å². The highest BCUT2D eigenvalue weighted by Gasteiger charge is 2.26. The molecule has 2 rings (SSSR count). The molecule has 0 aromatic rings. The Kier molecular flexibility index (Phi) is 6.96. The first-order valence-electron chi connectivity index (χ1n) is 8.54. The quantitative estimate of drug-likeness (QED) is 0.737. The van der Waals surface area contributed by atoms with Crippen LogP contribution in [-0.2, 0) is 9.53 Å². The fourth-order valence-corrected chi connectivity index (χ4v) is 3.19. The van der Waals surface area contributed by atoms with E-state index in [0.717, 1.165) is 6.42 Å². The van der Waals surface area contributed by atoms with E-state index < -0.39 is 5.97 Å². The Balaban J connectivity index is 1.51. The van der Waals surface area contributed by atoms with Crippen LogP contribution in [0.2, 0.25) is 0 Å². The minimum atomic E-state index is -0.750. The molecule has 2 fully saturated rings. The predicted molar refractivity (Wildman–Crippen MR) is 82.8 cm³/mol. The highest BCUT2D eigenvalue weighted by molar-refractivity contribution is 5.75. The van der Waals surface area contributed by atoms with Gasteiger partial charge in [0.15, 0.2) is 0 Å². The number of urea groups is 1. The Morgan fingerprint density at radius 2 is 1.77 bits per heavy atom. The van der Waals surface area contributed by atoms with Crippen LogP contribution in [0.5, 0.6) is 0 Å². The zero-order chi connectivity index (χ0) is 15.8. The van der Waals surface area contributed by atoms with E-state index in [4.69, 9.17) is 9.84 Å². The molecule has 0 atom stereocenters. The van der Waals surface area contributed by atoms with Crippen molar-refractivity contribution in [3.05, 3.63) is 0 Å². The number of aliphatic carboxylic acids is 1. The van der Waals surface area contributed by atoms with E-state index in [1.807, 2.05) is 0 Å². The smallest absolute Gasteiger partial charge is 0.317 e. The summed E-state index contributed by atoms with van der Waals surface area (Å²) in [6.07, 6.45) is 8.56. The molecule has 2 N–H and O–H groups in total. The fraction of sp³-hybridized carbons (Fsp3) is 0.875. The minimum absolute atomic E-state index is 0.0819. The van der Waals surface area contributed by atoms with Gasteiger partial charge in [0.05, 0.1) is 12.0 Å². The van der Waals surface area contributed by atoms with Crippen LogP contribution in [0.25, 0.3) is 0 Å². The number of hydrogen-bond acceptors (Lipinski definition) is 3. The van der Waals surface area contributed by atoms with Crippen LogP contribution in [0, 0.1) is 5.92 Å². The molecule has 0 aromatic carbocycles. The van der Waals surface area contributed by atoms with Gasteiger partial charge >= 0.3 is 12.0 Å². The van der Waals surface area contributed by atoms with Crippen molar-refractivity contribution in [2.45, 2.75) is 57.5 Å². The van der Waals surface area contributed by atoms with Crippen LogP contribution < -0.4 is 5.32 Å². The minimum Gasteiger partial charge on any atom is -0.481 e. The number of hydrogen-bond donors (Lipinski definition) is 2. The first-order chi connectivity index (χ1) is 10.7. The van der Waals surface area contributed by atoms with Crippen molar-refractivity contribution in [2.75, 3.05) is 26.2 Å². The number of carbonyl (C=O) groups is 2. The lowest BCUT2D eigenvalue weighted by Crippen LogP contribution is -2.45. The zero-order valence-electron chi connectivity index (χ0n) is 13.3. The number of piperidine rings is 1. The Bertz CT molecular complexity index is 361. The molecule has 6 nitrogen and oxygen atoms in total. The largest absolute Gasteiger partial charge is 0.481 e. The topological polar surface area (TPSA) is 78.9 Å². The van der Waals surface area contributed by atoms with Crippen molar-refractivity contribution >= 4 is 12.0 Å². The summed E-state index contributed by atoms with van der Waals surface area (Å²) in [5.41, 5.74) is 0. The van der Waals surface area contributed by atoms with Crippen LogP contribution >= 0.6 is 0 Å².